The Morgan fingerprint density at radius 2 is 1.93 bits per heavy atom. The Hall–Kier alpha value is -1.51. The van der Waals surface area contributed by atoms with Gasteiger partial charge in [0.1, 0.15) is 5.78 Å². The molecule has 0 aromatic rings. The van der Waals surface area contributed by atoms with Crippen LogP contribution >= 0.6 is 0 Å². The van der Waals surface area contributed by atoms with E-state index in [0.29, 0.717) is 18.4 Å². The summed E-state index contributed by atoms with van der Waals surface area (Å²) in [6.45, 7) is 0. The lowest BCUT2D eigenvalue weighted by Gasteiger charge is -2.11. The van der Waals surface area contributed by atoms with Gasteiger partial charge in [-0.25, -0.2) is 0 Å². The van der Waals surface area contributed by atoms with Gasteiger partial charge in [0.05, 0.1) is 0 Å². The lowest BCUT2D eigenvalue weighted by atomic mass is 9.89. The van der Waals surface area contributed by atoms with Crippen LogP contribution < -0.4 is 0 Å². The Bertz CT molecular complexity index is 374. The second kappa shape index (κ2) is 3.33. The molecule has 0 saturated heterocycles. The first kappa shape index (κ1) is 9.06. The van der Waals surface area contributed by atoms with Crippen molar-refractivity contribution in [2.24, 2.45) is 5.92 Å². The zero-order valence-corrected chi connectivity index (χ0v) is 7.66. The molecule has 0 N–H and O–H groups in total. The molecule has 14 heavy (non-hydrogen) atoms. The molecular formula is C11H10O3. The summed E-state index contributed by atoms with van der Waals surface area (Å²) in [5.41, 5.74) is 0.389. The van der Waals surface area contributed by atoms with Gasteiger partial charge >= 0.3 is 0 Å². The third-order valence-corrected chi connectivity index (χ3v) is 2.66. The van der Waals surface area contributed by atoms with Gasteiger partial charge in [-0.05, 0) is 31.1 Å². The minimum absolute atomic E-state index is 0.0905. The minimum atomic E-state index is -0.323. The van der Waals surface area contributed by atoms with Gasteiger partial charge in [-0.2, -0.15) is 0 Å². The van der Waals surface area contributed by atoms with E-state index in [4.69, 9.17) is 0 Å². The average Bonchev–Trinajstić information content (AvgIpc) is 2.56. The van der Waals surface area contributed by atoms with Gasteiger partial charge in [0.25, 0.3) is 0 Å². The highest BCUT2D eigenvalue weighted by atomic mass is 16.1. The number of carbonyl (C=O) groups is 3. The van der Waals surface area contributed by atoms with Crippen molar-refractivity contribution in [3.05, 3.63) is 23.8 Å². The third kappa shape index (κ3) is 1.45. The van der Waals surface area contributed by atoms with Crippen LogP contribution in [0.4, 0.5) is 0 Å². The van der Waals surface area contributed by atoms with Gasteiger partial charge in [0.15, 0.2) is 11.6 Å². The summed E-state index contributed by atoms with van der Waals surface area (Å²) in [5.74, 6) is -0.617. The van der Waals surface area contributed by atoms with E-state index in [1.807, 2.05) is 0 Å². The number of hydrogen-bond donors (Lipinski definition) is 0. The molecule has 2 aliphatic rings. The van der Waals surface area contributed by atoms with Gasteiger partial charge in [-0.3, -0.25) is 14.4 Å². The molecular weight excluding hydrogens is 180 g/mol. The number of rotatable bonds is 1. The molecule has 0 aromatic carbocycles. The first-order valence-electron chi connectivity index (χ1n) is 4.69. The largest absolute Gasteiger partial charge is 0.299 e. The molecule has 1 unspecified atom stereocenters. The fraction of sp³-hybridized carbons (Fsp3) is 0.364. The van der Waals surface area contributed by atoms with Crippen LogP contribution in [0.3, 0.4) is 0 Å². The zero-order valence-electron chi connectivity index (χ0n) is 7.66. The van der Waals surface area contributed by atoms with Gasteiger partial charge < -0.3 is 0 Å². The summed E-state index contributed by atoms with van der Waals surface area (Å²) in [6, 6.07) is 0. The van der Waals surface area contributed by atoms with Crippen molar-refractivity contribution in [2.45, 2.75) is 19.3 Å². The average molecular weight is 190 g/mol. The van der Waals surface area contributed by atoms with Crippen molar-refractivity contribution < 1.29 is 14.4 Å². The van der Waals surface area contributed by atoms with E-state index in [0.717, 1.165) is 6.42 Å². The molecule has 3 heteroatoms. The normalized spacial score (nSPS) is 27.0. The van der Waals surface area contributed by atoms with E-state index in [1.165, 1.54) is 18.2 Å². The lowest BCUT2D eigenvalue weighted by Crippen LogP contribution is -2.19. The van der Waals surface area contributed by atoms with Crippen LogP contribution in [0, 0.1) is 5.92 Å². The monoisotopic (exact) mass is 190 g/mol. The van der Waals surface area contributed by atoms with Crippen molar-refractivity contribution in [1.29, 1.82) is 0 Å². The molecule has 2 aliphatic carbocycles. The Morgan fingerprint density at radius 1 is 1.14 bits per heavy atom. The Labute approximate surface area is 81.5 Å². The molecule has 2 rings (SSSR count). The fourth-order valence-electron chi connectivity index (χ4n) is 1.94. The van der Waals surface area contributed by atoms with E-state index < -0.39 is 0 Å². The van der Waals surface area contributed by atoms with E-state index in [9.17, 15) is 14.4 Å². The van der Waals surface area contributed by atoms with Crippen LogP contribution in [0.1, 0.15) is 19.3 Å². The number of ketones is 3. The van der Waals surface area contributed by atoms with Crippen LogP contribution in [0.5, 0.6) is 0 Å². The molecule has 0 spiro atoms. The summed E-state index contributed by atoms with van der Waals surface area (Å²) in [5, 5.41) is 0. The van der Waals surface area contributed by atoms with Crippen LogP contribution in [-0.4, -0.2) is 17.3 Å². The molecule has 1 atom stereocenters. The van der Waals surface area contributed by atoms with E-state index in [1.54, 1.807) is 0 Å². The van der Waals surface area contributed by atoms with E-state index in [-0.39, 0.29) is 23.3 Å². The molecule has 0 bridgehead atoms. The van der Waals surface area contributed by atoms with Crippen molar-refractivity contribution in [2.75, 3.05) is 0 Å². The molecule has 1 saturated carbocycles. The summed E-state index contributed by atoms with van der Waals surface area (Å²) in [6.07, 6.45) is 5.86. The topological polar surface area (TPSA) is 51.2 Å². The lowest BCUT2D eigenvalue weighted by molar-refractivity contribution is -0.121. The van der Waals surface area contributed by atoms with Crippen molar-refractivity contribution in [3.8, 4) is 0 Å². The van der Waals surface area contributed by atoms with Crippen LogP contribution in [-0.2, 0) is 14.4 Å². The molecule has 0 aliphatic heterocycles. The summed E-state index contributed by atoms with van der Waals surface area (Å²) >= 11 is 0. The maximum absolute atomic E-state index is 11.4. The maximum Gasteiger partial charge on any atom is 0.182 e. The quantitative estimate of drug-likeness (QED) is 0.579. The summed E-state index contributed by atoms with van der Waals surface area (Å²) < 4.78 is 0. The molecule has 3 nitrogen and oxygen atoms in total. The first-order chi connectivity index (χ1) is 6.68. The smallest absolute Gasteiger partial charge is 0.182 e. The molecule has 0 amide bonds. The Kier molecular flexibility index (Phi) is 2.15. The molecule has 0 heterocycles. The Morgan fingerprint density at radius 3 is 2.57 bits per heavy atom. The molecule has 0 radical (unpaired) electrons. The number of carbonyl (C=O) groups excluding carboxylic acids is 3. The predicted molar refractivity (Wildman–Crippen MR) is 49.6 cm³/mol. The summed E-state index contributed by atoms with van der Waals surface area (Å²) in [7, 11) is 0. The predicted octanol–water partition coefficient (Wildman–Crippen LogP) is 0.990. The second-order valence-corrected chi connectivity index (χ2v) is 3.61. The SMILES string of the molecule is O=C1C=CC(=O)C(C2CCCC2=O)=C1. The van der Waals surface area contributed by atoms with Crippen molar-refractivity contribution in [3.63, 3.8) is 0 Å². The van der Waals surface area contributed by atoms with Gasteiger partial charge in [0, 0.05) is 17.9 Å². The van der Waals surface area contributed by atoms with Gasteiger partial charge in [-0.15, -0.1) is 0 Å². The summed E-state index contributed by atoms with van der Waals surface area (Å²) in [4.78, 5) is 33.9. The standard InChI is InChI=1S/C11H10O3/c12-7-4-5-11(14)9(6-7)8-2-1-3-10(8)13/h4-6,8H,1-3H2. The van der Waals surface area contributed by atoms with Crippen molar-refractivity contribution in [1.82, 2.24) is 0 Å². The molecule has 72 valence electrons. The van der Waals surface area contributed by atoms with Gasteiger partial charge in [0.2, 0.25) is 0 Å². The van der Waals surface area contributed by atoms with E-state index in [2.05, 4.69) is 0 Å². The van der Waals surface area contributed by atoms with Crippen LogP contribution in [0.2, 0.25) is 0 Å². The highest BCUT2D eigenvalue weighted by Gasteiger charge is 2.31. The highest BCUT2D eigenvalue weighted by Crippen LogP contribution is 2.29. The molecule has 0 aromatic heterocycles. The number of hydrogen-bond acceptors (Lipinski definition) is 3. The van der Waals surface area contributed by atoms with Crippen LogP contribution in [0.15, 0.2) is 23.8 Å². The second-order valence-electron chi connectivity index (χ2n) is 3.61. The number of allylic oxidation sites excluding steroid dienone is 4. The maximum atomic E-state index is 11.4. The first-order valence-corrected chi connectivity index (χ1v) is 4.69. The van der Waals surface area contributed by atoms with Crippen LogP contribution in [0.25, 0.3) is 0 Å². The highest BCUT2D eigenvalue weighted by molar-refractivity contribution is 6.19. The molecule has 1 fully saturated rings. The van der Waals surface area contributed by atoms with Crippen molar-refractivity contribution >= 4 is 17.3 Å². The van der Waals surface area contributed by atoms with Gasteiger partial charge in [-0.1, -0.05) is 0 Å². The third-order valence-electron chi connectivity index (χ3n) is 2.66. The fourth-order valence-corrected chi connectivity index (χ4v) is 1.94. The van der Waals surface area contributed by atoms with E-state index >= 15 is 0 Å². The number of Topliss-reactive ketones (excluding diaryl/α,β-unsaturated/α-hetero) is 1. The zero-order chi connectivity index (χ0) is 10.1. The minimum Gasteiger partial charge on any atom is -0.299 e. The Balaban J connectivity index is 2.29.